The summed E-state index contributed by atoms with van der Waals surface area (Å²) in [5.41, 5.74) is 1.71. The maximum Gasteiger partial charge on any atom is 0.219 e. The lowest BCUT2D eigenvalue weighted by Crippen LogP contribution is -1.91. The molecular weight excluding hydrogens is 238 g/mol. The van der Waals surface area contributed by atoms with E-state index in [1.807, 2.05) is 13.0 Å². The molecule has 2 aromatic rings. The van der Waals surface area contributed by atoms with Crippen molar-refractivity contribution in [3.05, 3.63) is 52.7 Å². The maximum absolute atomic E-state index is 9.01. The molecule has 0 saturated heterocycles. The predicted octanol–water partition coefficient (Wildman–Crippen LogP) is 3.33. The minimum Gasteiger partial charge on any atom is -0.439 e. The van der Waals surface area contributed by atoms with Gasteiger partial charge in [0.25, 0.3) is 0 Å². The van der Waals surface area contributed by atoms with Gasteiger partial charge in [0.2, 0.25) is 5.88 Å². The molecule has 0 bridgehead atoms. The van der Waals surface area contributed by atoms with Crippen LogP contribution in [0.5, 0.6) is 11.6 Å². The van der Waals surface area contributed by atoms with Crippen molar-refractivity contribution in [2.45, 2.75) is 13.5 Å². The highest BCUT2D eigenvalue weighted by Gasteiger charge is 2.02. The maximum atomic E-state index is 9.01. The Balaban J connectivity index is 2.22. The summed E-state index contributed by atoms with van der Waals surface area (Å²) in [6.07, 6.45) is 1.60. The van der Waals surface area contributed by atoms with Crippen LogP contribution in [0.3, 0.4) is 0 Å². The van der Waals surface area contributed by atoms with E-state index in [2.05, 4.69) is 4.98 Å². The van der Waals surface area contributed by atoms with E-state index in [9.17, 15) is 0 Å². The van der Waals surface area contributed by atoms with Gasteiger partial charge in [-0.25, -0.2) is 4.98 Å². The molecule has 0 aliphatic heterocycles. The second kappa shape index (κ2) is 5.17. The van der Waals surface area contributed by atoms with Crippen LogP contribution in [0.4, 0.5) is 0 Å². The summed E-state index contributed by atoms with van der Waals surface area (Å²) in [7, 11) is 0. The van der Waals surface area contributed by atoms with Crippen LogP contribution in [0.1, 0.15) is 11.1 Å². The zero-order chi connectivity index (χ0) is 12.3. The van der Waals surface area contributed by atoms with Crippen LogP contribution in [-0.4, -0.2) is 10.1 Å². The number of ether oxygens (including phenoxy) is 1. The molecule has 0 atom stereocenters. The molecule has 1 N–H and O–H groups in total. The second-order valence-electron chi connectivity index (χ2n) is 3.67. The van der Waals surface area contributed by atoms with Crippen molar-refractivity contribution in [2.75, 3.05) is 0 Å². The smallest absolute Gasteiger partial charge is 0.219 e. The van der Waals surface area contributed by atoms with Crippen molar-refractivity contribution in [1.82, 2.24) is 4.98 Å². The third kappa shape index (κ3) is 2.96. The van der Waals surface area contributed by atoms with E-state index < -0.39 is 0 Å². The summed E-state index contributed by atoms with van der Waals surface area (Å²) >= 11 is 5.93. The van der Waals surface area contributed by atoms with Gasteiger partial charge < -0.3 is 9.84 Å². The molecule has 0 aliphatic carbocycles. The highest BCUT2D eigenvalue weighted by molar-refractivity contribution is 6.31. The van der Waals surface area contributed by atoms with Crippen LogP contribution in [0.25, 0.3) is 0 Å². The van der Waals surface area contributed by atoms with Crippen molar-refractivity contribution in [1.29, 1.82) is 0 Å². The van der Waals surface area contributed by atoms with Crippen LogP contribution in [0.15, 0.2) is 36.5 Å². The standard InChI is InChI=1S/C13H12ClNO2/c1-9-6-11(2-3-12(9)14)17-13-7-10(8-16)4-5-15-13/h2-7,16H,8H2,1H3. The molecule has 0 amide bonds. The molecule has 0 aliphatic rings. The Morgan fingerprint density at radius 1 is 1.29 bits per heavy atom. The molecule has 0 radical (unpaired) electrons. The molecule has 17 heavy (non-hydrogen) atoms. The van der Waals surface area contributed by atoms with Gasteiger partial charge >= 0.3 is 0 Å². The molecule has 88 valence electrons. The number of aliphatic hydroxyl groups is 1. The Morgan fingerprint density at radius 3 is 2.82 bits per heavy atom. The van der Waals surface area contributed by atoms with Gasteiger partial charge in [0.1, 0.15) is 5.75 Å². The lowest BCUT2D eigenvalue weighted by Gasteiger charge is -2.07. The van der Waals surface area contributed by atoms with Crippen LogP contribution in [0.2, 0.25) is 5.02 Å². The minimum atomic E-state index is -0.0292. The number of aryl methyl sites for hydroxylation is 1. The first-order chi connectivity index (χ1) is 8.19. The van der Waals surface area contributed by atoms with Crippen molar-refractivity contribution in [3.8, 4) is 11.6 Å². The van der Waals surface area contributed by atoms with Crippen molar-refractivity contribution in [3.63, 3.8) is 0 Å². The molecule has 0 saturated carbocycles. The normalized spacial score (nSPS) is 10.3. The topological polar surface area (TPSA) is 42.4 Å². The average Bonchev–Trinajstić information content (AvgIpc) is 2.34. The first-order valence-corrected chi connectivity index (χ1v) is 5.56. The number of nitrogens with zero attached hydrogens (tertiary/aromatic N) is 1. The lowest BCUT2D eigenvalue weighted by atomic mass is 10.2. The highest BCUT2D eigenvalue weighted by Crippen LogP contribution is 2.25. The molecular formula is C13H12ClNO2. The van der Waals surface area contributed by atoms with Crippen molar-refractivity contribution in [2.24, 2.45) is 0 Å². The van der Waals surface area contributed by atoms with Crippen LogP contribution >= 0.6 is 11.6 Å². The van der Waals surface area contributed by atoms with E-state index in [-0.39, 0.29) is 6.61 Å². The predicted molar refractivity (Wildman–Crippen MR) is 66.4 cm³/mol. The van der Waals surface area contributed by atoms with Crippen molar-refractivity contribution >= 4 is 11.6 Å². The first-order valence-electron chi connectivity index (χ1n) is 5.19. The van der Waals surface area contributed by atoms with Gasteiger partial charge in [-0.2, -0.15) is 0 Å². The number of hydrogen-bond donors (Lipinski definition) is 1. The molecule has 1 aromatic carbocycles. The summed E-state index contributed by atoms with van der Waals surface area (Å²) < 4.78 is 5.58. The third-order valence-electron chi connectivity index (χ3n) is 2.33. The molecule has 0 fully saturated rings. The molecule has 2 rings (SSSR count). The Labute approximate surface area is 105 Å². The Bertz CT molecular complexity index is 529. The van der Waals surface area contributed by atoms with Crippen LogP contribution < -0.4 is 4.74 Å². The summed E-state index contributed by atoms with van der Waals surface area (Å²) in [6, 6.07) is 8.84. The van der Waals surface area contributed by atoms with Gasteiger partial charge in [-0.05, 0) is 42.3 Å². The number of aliphatic hydroxyl groups excluding tert-OH is 1. The summed E-state index contributed by atoms with van der Waals surface area (Å²) in [6.45, 7) is 1.88. The second-order valence-corrected chi connectivity index (χ2v) is 4.08. The van der Waals surface area contributed by atoms with Crippen LogP contribution in [-0.2, 0) is 6.61 Å². The largest absolute Gasteiger partial charge is 0.439 e. The Morgan fingerprint density at radius 2 is 2.12 bits per heavy atom. The first kappa shape index (κ1) is 11.9. The lowest BCUT2D eigenvalue weighted by molar-refractivity contribution is 0.281. The Hall–Kier alpha value is -1.58. The van der Waals surface area contributed by atoms with Crippen molar-refractivity contribution < 1.29 is 9.84 Å². The molecule has 0 spiro atoms. The van der Waals surface area contributed by atoms with E-state index in [0.717, 1.165) is 11.1 Å². The van der Waals surface area contributed by atoms with E-state index in [4.69, 9.17) is 21.4 Å². The molecule has 0 unspecified atom stereocenters. The van der Waals surface area contributed by atoms with E-state index in [0.29, 0.717) is 16.7 Å². The quantitative estimate of drug-likeness (QED) is 0.907. The zero-order valence-electron chi connectivity index (χ0n) is 9.35. The van der Waals surface area contributed by atoms with E-state index in [1.54, 1.807) is 30.5 Å². The fraction of sp³-hybridized carbons (Fsp3) is 0.154. The molecule has 1 heterocycles. The Kier molecular flexibility index (Phi) is 3.61. The number of halogens is 1. The third-order valence-corrected chi connectivity index (χ3v) is 2.76. The summed E-state index contributed by atoms with van der Waals surface area (Å²) in [5.74, 6) is 1.13. The van der Waals surface area contributed by atoms with Gasteiger partial charge in [0.15, 0.2) is 0 Å². The van der Waals surface area contributed by atoms with Gasteiger partial charge in [-0.3, -0.25) is 0 Å². The number of benzene rings is 1. The van der Waals surface area contributed by atoms with E-state index in [1.165, 1.54) is 0 Å². The molecule has 1 aromatic heterocycles. The fourth-order valence-electron chi connectivity index (χ4n) is 1.41. The minimum absolute atomic E-state index is 0.0292. The summed E-state index contributed by atoms with van der Waals surface area (Å²) in [4.78, 5) is 4.07. The highest BCUT2D eigenvalue weighted by atomic mass is 35.5. The van der Waals surface area contributed by atoms with Gasteiger partial charge in [-0.15, -0.1) is 0 Å². The van der Waals surface area contributed by atoms with Gasteiger partial charge in [-0.1, -0.05) is 11.6 Å². The number of hydrogen-bond acceptors (Lipinski definition) is 3. The number of rotatable bonds is 3. The van der Waals surface area contributed by atoms with E-state index >= 15 is 0 Å². The molecule has 3 nitrogen and oxygen atoms in total. The molecule has 4 heteroatoms. The number of pyridine rings is 1. The average molecular weight is 250 g/mol. The SMILES string of the molecule is Cc1cc(Oc2cc(CO)ccn2)ccc1Cl. The monoisotopic (exact) mass is 249 g/mol. The van der Waals surface area contributed by atoms with Gasteiger partial charge in [0.05, 0.1) is 6.61 Å². The fourth-order valence-corrected chi connectivity index (χ4v) is 1.52. The van der Waals surface area contributed by atoms with Crippen LogP contribution in [0, 0.1) is 6.92 Å². The zero-order valence-corrected chi connectivity index (χ0v) is 10.1. The summed E-state index contributed by atoms with van der Waals surface area (Å²) in [5, 5.41) is 9.71. The number of aromatic nitrogens is 1. The van der Waals surface area contributed by atoms with Gasteiger partial charge in [0, 0.05) is 17.3 Å².